The van der Waals surface area contributed by atoms with E-state index >= 15 is 0 Å². The van der Waals surface area contributed by atoms with Gasteiger partial charge in [-0.25, -0.2) is 4.98 Å². The Morgan fingerprint density at radius 2 is 2.20 bits per heavy atom. The number of ether oxygens (including phenoxy) is 1. The van der Waals surface area contributed by atoms with Crippen molar-refractivity contribution in [2.45, 2.75) is 38.5 Å². The fraction of sp³-hybridized carbons (Fsp3) is 0.438. The predicted octanol–water partition coefficient (Wildman–Crippen LogP) is 3.47. The fourth-order valence-electron chi connectivity index (χ4n) is 2.55. The maximum absolute atomic E-state index is 5.57. The van der Waals surface area contributed by atoms with Crippen LogP contribution in [0.5, 0.6) is 0 Å². The van der Waals surface area contributed by atoms with Gasteiger partial charge < -0.3 is 10.1 Å². The smallest absolute Gasteiger partial charge is 0.107 e. The highest BCUT2D eigenvalue weighted by atomic mass is 32.1. The van der Waals surface area contributed by atoms with E-state index in [1.165, 1.54) is 5.56 Å². The molecule has 0 aliphatic carbocycles. The van der Waals surface area contributed by atoms with Gasteiger partial charge in [0.05, 0.1) is 11.8 Å². The number of rotatable bonds is 4. The Labute approximate surface area is 124 Å². The van der Waals surface area contributed by atoms with E-state index < -0.39 is 0 Å². The third-order valence-corrected chi connectivity index (χ3v) is 4.50. The van der Waals surface area contributed by atoms with Crippen molar-refractivity contribution in [3.05, 3.63) is 40.7 Å². The van der Waals surface area contributed by atoms with Crippen molar-refractivity contribution in [2.75, 3.05) is 6.61 Å². The Kier molecular flexibility index (Phi) is 4.45. The van der Waals surface area contributed by atoms with Crippen molar-refractivity contribution in [3.8, 4) is 11.3 Å². The summed E-state index contributed by atoms with van der Waals surface area (Å²) in [6.45, 7) is 3.87. The van der Waals surface area contributed by atoms with Gasteiger partial charge in [0.25, 0.3) is 0 Å². The summed E-state index contributed by atoms with van der Waals surface area (Å²) in [7, 11) is 0. The summed E-state index contributed by atoms with van der Waals surface area (Å²) in [5.41, 5.74) is 2.27. The van der Waals surface area contributed by atoms with Gasteiger partial charge in [0.15, 0.2) is 0 Å². The molecule has 2 heterocycles. The van der Waals surface area contributed by atoms with Crippen molar-refractivity contribution >= 4 is 11.3 Å². The minimum atomic E-state index is 0.373. The van der Waals surface area contributed by atoms with Crippen LogP contribution in [0, 0.1) is 0 Å². The summed E-state index contributed by atoms with van der Waals surface area (Å²) >= 11 is 1.73. The molecular weight excluding hydrogens is 268 g/mol. The van der Waals surface area contributed by atoms with E-state index in [1.54, 1.807) is 11.3 Å². The second-order valence-corrected chi connectivity index (χ2v) is 6.22. The summed E-state index contributed by atoms with van der Waals surface area (Å²) in [6.07, 6.45) is 2.57. The Bertz CT molecular complexity index is 540. The minimum Gasteiger partial charge on any atom is -0.378 e. The first-order chi connectivity index (χ1) is 9.81. The molecule has 106 valence electrons. The van der Waals surface area contributed by atoms with E-state index in [0.717, 1.165) is 36.7 Å². The summed E-state index contributed by atoms with van der Waals surface area (Å²) < 4.78 is 5.57. The summed E-state index contributed by atoms with van der Waals surface area (Å²) in [4.78, 5) is 4.71. The predicted molar refractivity (Wildman–Crippen MR) is 82.8 cm³/mol. The van der Waals surface area contributed by atoms with Crippen LogP contribution in [0.4, 0.5) is 0 Å². The molecule has 1 aromatic heterocycles. The van der Waals surface area contributed by atoms with Crippen molar-refractivity contribution in [1.82, 2.24) is 10.3 Å². The maximum atomic E-state index is 5.57. The first-order valence-corrected chi connectivity index (χ1v) is 8.04. The average Bonchev–Trinajstić information content (AvgIpc) is 2.95. The molecule has 2 unspecified atom stereocenters. The van der Waals surface area contributed by atoms with Crippen LogP contribution in [-0.2, 0) is 11.3 Å². The van der Waals surface area contributed by atoms with Gasteiger partial charge >= 0.3 is 0 Å². The Morgan fingerprint density at radius 1 is 1.35 bits per heavy atom. The maximum Gasteiger partial charge on any atom is 0.107 e. The third-order valence-electron chi connectivity index (χ3n) is 3.65. The zero-order valence-corrected chi connectivity index (χ0v) is 12.5. The molecule has 1 N–H and O–H groups in total. The number of hydrogen-bond donors (Lipinski definition) is 1. The van der Waals surface area contributed by atoms with Crippen LogP contribution in [0.3, 0.4) is 0 Å². The highest BCUT2D eigenvalue weighted by molar-refractivity contribution is 7.09. The summed E-state index contributed by atoms with van der Waals surface area (Å²) in [6, 6.07) is 10.9. The normalized spacial score (nSPS) is 22.9. The molecule has 0 bridgehead atoms. The SMILES string of the molecule is CC1CC(NCc2nc(-c3ccccc3)cs2)CCO1. The van der Waals surface area contributed by atoms with E-state index in [1.807, 2.05) is 6.07 Å². The molecule has 2 aromatic rings. The largest absolute Gasteiger partial charge is 0.378 e. The average molecular weight is 288 g/mol. The summed E-state index contributed by atoms with van der Waals surface area (Å²) in [5, 5.41) is 6.89. The van der Waals surface area contributed by atoms with Crippen LogP contribution in [-0.4, -0.2) is 23.7 Å². The topological polar surface area (TPSA) is 34.2 Å². The lowest BCUT2D eigenvalue weighted by atomic mass is 10.0. The van der Waals surface area contributed by atoms with Crippen LogP contribution >= 0.6 is 11.3 Å². The van der Waals surface area contributed by atoms with Gasteiger partial charge in [-0.2, -0.15) is 0 Å². The lowest BCUT2D eigenvalue weighted by molar-refractivity contribution is 0.0130. The third kappa shape index (κ3) is 3.45. The second-order valence-electron chi connectivity index (χ2n) is 5.28. The quantitative estimate of drug-likeness (QED) is 0.935. The van der Waals surface area contributed by atoms with Crippen LogP contribution in [0.2, 0.25) is 0 Å². The highest BCUT2D eigenvalue weighted by Crippen LogP contribution is 2.22. The minimum absolute atomic E-state index is 0.373. The standard InChI is InChI=1S/C16H20N2OS/c1-12-9-14(7-8-19-12)17-10-16-18-15(11-20-16)13-5-3-2-4-6-13/h2-6,11-12,14,17H,7-10H2,1H3. The van der Waals surface area contributed by atoms with Crippen LogP contribution in [0.15, 0.2) is 35.7 Å². The van der Waals surface area contributed by atoms with Crippen molar-refractivity contribution in [2.24, 2.45) is 0 Å². The van der Waals surface area contributed by atoms with E-state index in [2.05, 4.69) is 41.9 Å². The van der Waals surface area contributed by atoms with Crippen LogP contribution < -0.4 is 5.32 Å². The van der Waals surface area contributed by atoms with Crippen LogP contribution in [0.1, 0.15) is 24.8 Å². The van der Waals surface area contributed by atoms with E-state index in [4.69, 9.17) is 9.72 Å². The zero-order chi connectivity index (χ0) is 13.8. The van der Waals surface area contributed by atoms with E-state index in [-0.39, 0.29) is 0 Å². The molecule has 0 spiro atoms. The molecule has 1 fully saturated rings. The number of aromatic nitrogens is 1. The van der Waals surface area contributed by atoms with Gasteiger partial charge in [-0.1, -0.05) is 30.3 Å². The van der Waals surface area contributed by atoms with Gasteiger partial charge in [-0.15, -0.1) is 11.3 Å². The number of nitrogens with zero attached hydrogens (tertiary/aromatic N) is 1. The number of nitrogens with one attached hydrogen (secondary N) is 1. The summed E-state index contributed by atoms with van der Waals surface area (Å²) in [5.74, 6) is 0. The van der Waals surface area contributed by atoms with Crippen molar-refractivity contribution < 1.29 is 4.74 Å². The molecule has 0 amide bonds. The lowest BCUT2D eigenvalue weighted by Gasteiger charge is -2.27. The Hall–Kier alpha value is -1.23. The van der Waals surface area contributed by atoms with E-state index in [0.29, 0.717) is 12.1 Å². The molecule has 4 heteroatoms. The van der Waals surface area contributed by atoms with Gasteiger partial charge in [0.2, 0.25) is 0 Å². The lowest BCUT2D eigenvalue weighted by Crippen LogP contribution is -2.37. The molecule has 1 aromatic carbocycles. The Morgan fingerprint density at radius 3 is 3.00 bits per heavy atom. The molecule has 1 aliphatic rings. The first-order valence-electron chi connectivity index (χ1n) is 7.16. The molecule has 1 saturated heterocycles. The van der Waals surface area contributed by atoms with Crippen molar-refractivity contribution in [1.29, 1.82) is 0 Å². The van der Waals surface area contributed by atoms with Crippen molar-refractivity contribution in [3.63, 3.8) is 0 Å². The van der Waals surface area contributed by atoms with Gasteiger partial charge in [-0.3, -0.25) is 0 Å². The molecule has 0 radical (unpaired) electrons. The molecule has 20 heavy (non-hydrogen) atoms. The molecule has 0 saturated carbocycles. The number of hydrogen-bond acceptors (Lipinski definition) is 4. The van der Waals surface area contributed by atoms with Gasteiger partial charge in [0.1, 0.15) is 5.01 Å². The second kappa shape index (κ2) is 6.48. The molecule has 3 nitrogen and oxygen atoms in total. The fourth-order valence-corrected chi connectivity index (χ4v) is 3.30. The molecule has 1 aliphatic heterocycles. The van der Waals surface area contributed by atoms with Crippen LogP contribution in [0.25, 0.3) is 11.3 Å². The monoisotopic (exact) mass is 288 g/mol. The molecule has 3 rings (SSSR count). The zero-order valence-electron chi connectivity index (χ0n) is 11.7. The molecule has 2 atom stereocenters. The van der Waals surface area contributed by atoms with Gasteiger partial charge in [0, 0.05) is 30.1 Å². The first kappa shape index (κ1) is 13.7. The highest BCUT2D eigenvalue weighted by Gasteiger charge is 2.18. The number of benzene rings is 1. The van der Waals surface area contributed by atoms with Gasteiger partial charge in [-0.05, 0) is 19.8 Å². The molecular formula is C16H20N2OS. The van der Waals surface area contributed by atoms with E-state index in [9.17, 15) is 0 Å². The number of thiazole rings is 1. The Balaban J connectivity index is 1.58.